The lowest BCUT2D eigenvalue weighted by Gasteiger charge is -2.11. The van der Waals surface area contributed by atoms with E-state index < -0.39 is 12.1 Å². The van der Waals surface area contributed by atoms with Crippen molar-refractivity contribution in [1.29, 1.82) is 0 Å². The second kappa shape index (κ2) is 11.2. The number of unbranched alkanes of at least 4 members (excludes halogenated alkanes) is 2. The predicted molar refractivity (Wildman–Crippen MR) is 96.2 cm³/mol. The maximum atomic E-state index is 12.2. The molecule has 1 N–H and O–H groups in total. The summed E-state index contributed by atoms with van der Waals surface area (Å²) < 4.78 is 40.5. The van der Waals surface area contributed by atoms with Gasteiger partial charge < -0.3 is 10.1 Å². The number of benzene rings is 1. The zero-order chi connectivity index (χ0) is 18.7. The number of aliphatic imine (C=N–C) groups is 1. The first-order chi connectivity index (χ1) is 11.9. The fourth-order valence-electron chi connectivity index (χ4n) is 2.17. The second-order valence-electron chi connectivity index (χ2n) is 5.46. The molecule has 25 heavy (non-hydrogen) atoms. The Balaban J connectivity index is 2.47. The number of nitrogens with one attached hydrogen (secondary N) is 1. The van der Waals surface area contributed by atoms with E-state index in [9.17, 15) is 13.2 Å². The molecule has 140 valence electrons. The molecule has 1 rings (SSSR count). The molecular weight excluding hydrogens is 353 g/mol. The number of allylic oxidation sites excluding steroid dienone is 1. The molecule has 0 aromatic heterocycles. The Bertz CT molecular complexity index is 586. The van der Waals surface area contributed by atoms with E-state index in [2.05, 4.69) is 28.0 Å². The van der Waals surface area contributed by atoms with Gasteiger partial charge in [-0.25, -0.2) is 0 Å². The summed E-state index contributed by atoms with van der Waals surface area (Å²) in [7, 11) is 0. The molecule has 0 aliphatic rings. The molecule has 0 unspecified atom stereocenters. The lowest BCUT2D eigenvalue weighted by Crippen LogP contribution is -2.18. The molecule has 0 saturated carbocycles. The minimum Gasteiger partial charge on any atom is -0.404 e. The molecule has 0 bridgehead atoms. The van der Waals surface area contributed by atoms with Gasteiger partial charge in [0.05, 0.1) is 5.02 Å². The summed E-state index contributed by atoms with van der Waals surface area (Å²) in [5.41, 5.74) is 1.82. The monoisotopic (exact) mass is 376 g/mol. The van der Waals surface area contributed by atoms with Gasteiger partial charge in [-0.1, -0.05) is 43.5 Å². The van der Waals surface area contributed by atoms with Crippen LogP contribution in [0.3, 0.4) is 0 Å². The van der Waals surface area contributed by atoms with Crippen molar-refractivity contribution < 1.29 is 17.9 Å². The lowest BCUT2D eigenvalue weighted by atomic mass is 10.2. The van der Waals surface area contributed by atoms with Crippen molar-refractivity contribution in [3.05, 3.63) is 40.6 Å². The largest absolute Gasteiger partial charge is 0.573 e. The van der Waals surface area contributed by atoms with E-state index in [4.69, 9.17) is 11.6 Å². The van der Waals surface area contributed by atoms with Gasteiger partial charge >= 0.3 is 6.36 Å². The van der Waals surface area contributed by atoms with E-state index in [0.29, 0.717) is 13.1 Å². The summed E-state index contributed by atoms with van der Waals surface area (Å²) in [6.07, 6.45) is 3.26. The fourth-order valence-corrected chi connectivity index (χ4v) is 2.41. The fraction of sp³-hybridized carbons (Fsp3) is 0.500. The Hall–Kier alpha value is -1.53. The molecule has 3 nitrogen and oxygen atoms in total. The smallest absolute Gasteiger partial charge is 0.404 e. The molecular formula is C18H24ClF3N2O. The van der Waals surface area contributed by atoms with E-state index >= 15 is 0 Å². The lowest BCUT2D eigenvalue weighted by molar-refractivity contribution is -0.274. The van der Waals surface area contributed by atoms with Crippen LogP contribution < -0.4 is 10.1 Å². The van der Waals surface area contributed by atoms with Crippen LogP contribution in [-0.4, -0.2) is 19.1 Å². The van der Waals surface area contributed by atoms with Crippen molar-refractivity contribution >= 4 is 17.8 Å². The Kier molecular flexibility index (Phi) is 9.60. The highest BCUT2D eigenvalue weighted by Gasteiger charge is 2.31. The third-order valence-corrected chi connectivity index (χ3v) is 3.64. The Morgan fingerprint density at radius 1 is 1.36 bits per heavy atom. The van der Waals surface area contributed by atoms with Gasteiger partial charge in [0.2, 0.25) is 0 Å². The first-order valence-electron chi connectivity index (χ1n) is 8.28. The minimum absolute atomic E-state index is 0.0626. The molecule has 0 amide bonds. The summed E-state index contributed by atoms with van der Waals surface area (Å²) in [6.45, 7) is 5.25. The topological polar surface area (TPSA) is 33.6 Å². The molecule has 1 aromatic carbocycles. The molecule has 0 radical (unpaired) electrons. The molecule has 0 spiro atoms. The summed E-state index contributed by atoms with van der Waals surface area (Å²) >= 11 is 5.83. The zero-order valence-electron chi connectivity index (χ0n) is 14.5. The summed E-state index contributed by atoms with van der Waals surface area (Å²) in [5.74, 6) is -0.392. The highest BCUT2D eigenvalue weighted by Crippen LogP contribution is 2.30. The van der Waals surface area contributed by atoms with Gasteiger partial charge in [0.15, 0.2) is 0 Å². The van der Waals surface area contributed by atoms with Gasteiger partial charge in [0.25, 0.3) is 0 Å². The van der Waals surface area contributed by atoms with Crippen molar-refractivity contribution in [2.45, 2.75) is 52.4 Å². The molecule has 0 atom stereocenters. The summed E-state index contributed by atoms with van der Waals surface area (Å²) in [4.78, 5) is 4.35. The van der Waals surface area contributed by atoms with Crippen molar-refractivity contribution in [2.75, 3.05) is 6.54 Å². The average molecular weight is 377 g/mol. The third-order valence-electron chi connectivity index (χ3n) is 3.34. The molecule has 0 heterocycles. The Labute approximate surface area is 151 Å². The van der Waals surface area contributed by atoms with Crippen LogP contribution in [0.25, 0.3) is 0 Å². The minimum atomic E-state index is -4.75. The van der Waals surface area contributed by atoms with Crippen LogP contribution in [0.15, 0.2) is 35.0 Å². The molecule has 1 aromatic rings. The van der Waals surface area contributed by atoms with Gasteiger partial charge in [-0.2, -0.15) is 0 Å². The third kappa shape index (κ3) is 9.51. The Morgan fingerprint density at radius 3 is 2.72 bits per heavy atom. The number of rotatable bonds is 10. The van der Waals surface area contributed by atoms with E-state index in [1.165, 1.54) is 12.1 Å². The number of hydrogen-bond acceptors (Lipinski definition) is 3. The highest BCUT2D eigenvalue weighted by atomic mass is 35.5. The zero-order valence-corrected chi connectivity index (χ0v) is 15.3. The highest BCUT2D eigenvalue weighted by molar-refractivity contribution is 6.32. The second-order valence-corrected chi connectivity index (χ2v) is 5.87. The van der Waals surface area contributed by atoms with Gasteiger partial charge in [-0.05, 0) is 31.0 Å². The van der Waals surface area contributed by atoms with Crippen LogP contribution >= 0.6 is 11.6 Å². The standard InChI is InChI=1S/C18H24ClF3N2O/c1-3-5-6-7-15(24-4-2)10-11-23-13-14-8-9-17(16(19)12-14)25-18(20,21)22/h4,7-9,12,23H,3,5-6,10-11,13H2,1-2H3/b15-7-,24-4?. The number of nitrogens with zero attached hydrogens (tertiary/aromatic N) is 1. The van der Waals surface area contributed by atoms with Gasteiger partial charge in [0.1, 0.15) is 5.75 Å². The van der Waals surface area contributed by atoms with E-state index in [1.54, 1.807) is 12.3 Å². The SMILES string of the molecule is CC=N/C(=C\CCCC)CCNCc1ccc(OC(F)(F)F)c(Cl)c1. The van der Waals surface area contributed by atoms with Crippen LogP contribution in [0, 0.1) is 0 Å². The molecule has 0 saturated heterocycles. The van der Waals surface area contributed by atoms with Crippen molar-refractivity contribution in [1.82, 2.24) is 5.32 Å². The number of hydrogen-bond donors (Lipinski definition) is 1. The number of halogens is 4. The van der Waals surface area contributed by atoms with Gasteiger partial charge in [-0.15, -0.1) is 13.2 Å². The molecule has 0 aliphatic carbocycles. The van der Waals surface area contributed by atoms with E-state index in [0.717, 1.165) is 36.9 Å². The number of ether oxygens (including phenoxy) is 1. The molecule has 7 heteroatoms. The normalized spacial score (nSPS) is 12.8. The van der Waals surface area contributed by atoms with E-state index in [1.807, 2.05) is 6.92 Å². The van der Waals surface area contributed by atoms with Crippen LogP contribution in [0.4, 0.5) is 13.2 Å². The van der Waals surface area contributed by atoms with Crippen LogP contribution in [0.1, 0.15) is 45.1 Å². The van der Waals surface area contributed by atoms with Crippen LogP contribution in [-0.2, 0) is 6.54 Å². The van der Waals surface area contributed by atoms with Crippen molar-refractivity contribution in [2.24, 2.45) is 4.99 Å². The van der Waals surface area contributed by atoms with Crippen LogP contribution in [0.2, 0.25) is 5.02 Å². The first kappa shape index (κ1) is 21.5. The van der Waals surface area contributed by atoms with E-state index in [-0.39, 0.29) is 5.02 Å². The quantitative estimate of drug-likeness (QED) is 0.408. The van der Waals surface area contributed by atoms with Gasteiger partial charge in [0, 0.05) is 31.4 Å². The maximum absolute atomic E-state index is 12.2. The van der Waals surface area contributed by atoms with Crippen molar-refractivity contribution in [3.8, 4) is 5.75 Å². The maximum Gasteiger partial charge on any atom is 0.573 e. The molecule has 0 fully saturated rings. The van der Waals surface area contributed by atoms with Crippen molar-refractivity contribution in [3.63, 3.8) is 0 Å². The average Bonchev–Trinajstić information content (AvgIpc) is 2.53. The summed E-state index contributed by atoms with van der Waals surface area (Å²) in [5, 5.41) is 3.18. The molecule has 0 aliphatic heterocycles. The first-order valence-corrected chi connectivity index (χ1v) is 8.66. The summed E-state index contributed by atoms with van der Waals surface area (Å²) in [6, 6.07) is 4.25. The number of alkyl halides is 3. The van der Waals surface area contributed by atoms with Crippen LogP contribution in [0.5, 0.6) is 5.75 Å². The van der Waals surface area contributed by atoms with Gasteiger partial charge in [-0.3, -0.25) is 4.99 Å². The Morgan fingerprint density at radius 2 is 2.12 bits per heavy atom. The predicted octanol–water partition coefficient (Wildman–Crippen LogP) is 5.88.